The van der Waals surface area contributed by atoms with Crippen LogP contribution >= 0.6 is 0 Å². The largest absolute Gasteiger partial charge is 0.401 e. The third-order valence-electron chi connectivity index (χ3n) is 3.92. The summed E-state index contributed by atoms with van der Waals surface area (Å²) in [6.07, 6.45) is -2.76. The lowest BCUT2D eigenvalue weighted by atomic mass is 10.1. The Kier molecular flexibility index (Phi) is 5.57. The van der Waals surface area contributed by atoms with Gasteiger partial charge in [-0.15, -0.1) is 0 Å². The molecule has 1 aliphatic heterocycles. The highest BCUT2D eigenvalue weighted by Gasteiger charge is 2.34. The van der Waals surface area contributed by atoms with E-state index in [-0.39, 0.29) is 5.92 Å². The molecule has 1 heterocycles. The summed E-state index contributed by atoms with van der Waals surface area (Å²) in [5.74, 6) is -0.0146. The van der Waals surface area contributed by atoms with Gasteiger partial charge in [-0.25, -0.2) is 8.42 Å². The highest BCUT2D eigenvalue weighted by molar-refractivity contribution is 7.90. The van der Waals surface area contributed by atoms with Crippen molar-refractivity contribution in [2.24, 2.45) is 5.92 Å². The van der Waals surface area contributed by atoms with E-state index in [2.05, 4.69) is 5.32 Å². The van der Waals surface area contributed by atoms with Crippen LogP contribution in [0.4, 0.5) is 24.5 Å². The number of nitro benzene ring substituents is 1. The van der Waals surface area contributed by atoms with Gasteiger partial charge in [-0.2, -0.15) is 13.2 Å². The molecule has 1 unspecified atom stereocenters. The Bertz CT molecular complexity index is 752. The molecule has 1 N–H and O–H groups in total. The van der Waals surface area contributed by atoms with Crippen LogP contribution in [0.5, 0.6) is 0 Å². The Balaban J connectivity index is 2.01. The van der Waals surface area contributed by atoms with Crippen molar-refractivity contribution in [3.8, 4) is 0 Å². The fourth-order valence-corrected chi connectivity index (χ4v) is 3.67. The van der Waals surface area contributed by atoms with Gasteiger partial charge in [-0.1, -0.05) is 0 Å². The van der Waals surface area contributed by atoms with E-state index in [0.717, 1.165) is 12.3 Å². The number of alkyl halides is 3. The molecule has 0 radical (unpaired) electrons. The summed E-state index contributed by atoms with van der Waals surface area (Å²) in [4.78, 5) is 11.1. The normalized spacial score (nSPS) is 19.1. The smallest absolute Gasteiger partial charge is 0.385 e. The fraction of sp³-hybridized carbons (Fsp3) is 0.571. The van der Waals surface area contributed by atoms with Crippen LogP contribution in [0.1, 0.15) is 6.42 Å². The summed E-state index contributed by atoms with van der Waals surface area (Å²) in [6.45, 7) is 0.0494. The van der Waals surface area contributed by atoms with E-state index < -0.39 is 38.1 Å². The van der Waals surface area contributed by atoms with Gasteiger partial charge in [0.15, 0.2) is 9.84 Å². The maximum Gasteiger partial charge on any atom is 0.401 e. The lowest BCUT2D eigenvalue weighted by Gasteiger charge is -2.18. The number of hydrogen-bond donors (Lipinski definition) is 1. The first-order chi connectivity index (χ1) is 11.5. The van der Waals surface area contributed by atoms with Gasteiger partial charge in [0.2, 0.25) is 0 Å². The van der Waals surface area contributed by atoms with Crippen LogP contribution in [0.25, 0.3) is 0 Å². The van der Waals surface area contributed by atoms with Crippen LogP contribution < -0.4 is 5.32 Å². The second-order valence-electron chi connectivity index (χ2n) is 6.10. The molecule has 2 rings (SSSR count). The highest BCUT2D eigenvalue weighted by atomic mass is 32.2. The third-order valence-corrected chi connectivity index (χ3v) is 5.05. The SMILES string of the molecule is CS(=O)(=O)c1cc(NCC2CCN(CC(F)(F)F)C2)ccc1[N+](=O)[O-]. The molecular formula is C14H18F3N3O4S. The van der Waals surface area contributed by atoms with E-state index in [1.165, 1.54) is 17.0 Å². The number of benzene rings is 1. The average molecular weight is 381 g/mol. The fourth-order valence-electron chi connectivity index (χ4n) is 2.81. The Hall–Kier alpha value is -1.88. The van der Waals surface area contributed by atoms with Crippen molar-refractivity contribution in [1.82, 2.24) is 4.90 Å². The molecule has 0 saturated carbocycles. The second-order valence-corrected chi connectivity index (χ2v) is 8.08. The summed E-state index contributed by atoms with van der Waals surface area (Å²) in [6, 6.07) is 3.66. The van der Waals surface area contributed by atoms with Crippen LogP contribution in [-0.2, 0) is 9.84 Å². The molecule has 1 atom stereocenters. The highest BCUT2D eigenvalue weighted by Crippen LogP contribution is 2.28. The number of likely N-dealkylation sites (tertiary alicyclic amines) is 1. The van der Waals surface area contributed by atoms with Crippen molar-refractivity contribution >= 4 is 21.2 Å². The summed E-state index contributed by atoms with van der Waals surface area (Å²) >= 11 is 0. The lowest BCUT2D eigenvalue weighted by molar-refractivity contribution is -0.387. The van der Waals surface area contributed by atoms with Crippen LogP contribution in [0.2, 0.25) is 0 Å². The molecule has 1 saturated heterocycles. The third kappa shape index (κ3) is 5.56. The maximum absolute atomic E-state index is 12.4. The van der Waals surface area contributed by atoms with E-state index >= 15 is 0 Å². The maximum atomic E-state index is 12.4. The van der Waals surface area contributed by atoms with Crippen molar-refractivity contribution in [3.63, 3.8) is 0 Å². The van der Waals surface area contributed by atoms with Gasteiger partial charge in [-0.3, -0.25) is 15.0 Å². The Labute approximate surface area is 142 Å². The number of sulfone groups is 1. The first kappa shape index (κ1) is 19.4. The number of nitro groups is 1. The topological polar surface area (TPSA) is 92.6 Å². The van der Waals surface area contributed by atoms with Gasteiger partial charge in [0.05, 0.1) is 11.5 Å². The van der Waals surface area contributed by atoms with Crippen molar-refractivity contribution in [3.05, 3.63) is 28.3 Å². The monoisotopic (exact) mass is 381 g/mol. The number of nitrogens with one attached hydrogen (secondary N) is 1. The number of rotatable bonds is 6. The number of anilines is 1. The molecular weight excluding hydrogens is 363 g/mol. The first-order valence-corrected chi connectivity index (χ1v) is 9.36. The van der Waals surface area contributed by atoms with E-state index in [0.29, 0.717) is 31.7 Å². The molecule has 11 heteroatoms. The van der Waals surface area contributed by atoms with Crippen molar-refractivity contribution in [1.29, 1.82) is 0 Å². The minimum atomic E-state index is -4.23. The number of nitrogens with zero attached hydrogens (tertiary/aromatic N) is 2. The van der Waals surface area contributed by atoms with Gasteiger partial charge in [-0.05, 0) is 31.0 Å². The molecule has 1 aromatic carbocycles. The molecule has 0 spiro atoms. The van der Waals surface area contributed by atoms with Gasteiger partial charge in [0, 0.05) is 31.1 Å². The molecule has 7 nitrogen and oxygen atoms in total. The molecule has 0 aliphatic carbocycles. The van der Waals surface area contributed by atoms with Crippen LogP contribution in [0.3, 0.4) is 0 Å². The van der Waals surface area contributed by atoms with Crippen molar-refractivity contribution < 1.29 is 26.5 Å². The second kappa shape index (κ2) is 7.16. The summed E-state index contributed by atoms with van der Waals surface area (Å²) < 4.78 is 60.5. The van der Waals surface area contributed by atoms with E-state index in [1.807, 2.05) is 0 Å². The Morgan fingerprint density at radius 2 is 2.08 bits per heavy atom. The zero-order valence-electron chi connectivity index (χ0n) is 13.4. The van der Waals surface area contributed by atoms with Crippen LogP contribution in [0.15, 0.2) is 23.1 Å². The standard InChI is InChI=1S/C14H18F3N3O4S/c1-25(23,24)13-6-11(2-3-12(13)20(21)22)18-7-10-4-5-19(8-10)9-14(15,16)17/h2-3,6,10,18H,4-5,7-9H2,1H3. The Morgan fingerprint density at radius 3 is 2.64 bits per heavy atom. The molecule has 1 aliphatic rings. The molecule has 25 heavy (non-hydrogen) atoms. The number of hydrogen-bond acceptors (Lipinski definition) is 6. The summed E-state index contributed by atoms with van der Waals surface area (Å²) in [5, 5.41) is 13.9. The van der Waals surface area contributed by atoms with Gasteiger partial charge in [0.1, 0.15) is 4.90 Å². The van der Waals surface area contributed by atoms with Crippen molar-refractivity contribution in [2.45, 2.75) is 17.5 Å². The summed E-state index contributed by atoms with van der Waals surface area (Å²) in [5.41, 5.74) is -0.134. The minimum Gasteiger partial charge on any atom is -0.385 e. The Morgan fingerprint density at radius 1 is 1.40 bits per heavy atom. The molecule has 0 amide bonds. The quantitative estimate of drug-likeness (QED) is 0.600. The molecule has 1 aromatic rings. The average Bonchev–Trinajstić information content (AvgIpc) is 2.89. The van der Waals surface area contributed by atoms with Gasteiger partial charge < -0.3 is 5.32 Å². The van der Waals surface area contributed by atoms with E-state index in [1.54, 1.807) is 0 Å². The van der Waals surface area contributed by atoms with E-state index in [4.69, 9.17) is 0 Å². The van der Waals surface area contributed by atoms with E-state index in [9.17, 15) is 31.7 Å². The zero-order valence-corrected chi connectivity index (χ0v) is 14.2. The van der Waals surface area contributed by atoms with Gasteiger partial charge >= 0.3 is 6.18 Å². The molecule has 0 aromatic heterocycles. The molecule has 140 valence electrons. The van der Waals surface area contributed by atoms with Crippen LogP contribution in [0, 0.1) is 16.0 Å². The summed E-state index contributed by atoms with van der Waals surface area (Å²) in [7, 11) is -3.78. The zero-order chi connectivity index (χ0) is 18.8. The first-order valence-electron chi connectivity index (χ1n) is 7.47. The minimum absolute atomic E-state index is 0.0146. The van der Waals surface area contributed by atoms with Gasteiger partial charge in [0.25, 0.3) is 5.69 Å². The predicted octanol–water partition coefficient (Wildman–Crippen LogP) is 2.29. The molecule has 1 fully saturated rings. The lowest BCUT2D eigenvalue weighted by Crippen LogP contribution is -2.33. The van der Waals surface area contributed by atoms with Crippen LogP contribution in [-0.4, -0.2) is 56.9 Å². The molecule has 0 bridgehead atoms. The number of halogens is 3. The van der Waals surface area contributed by atoms with Crippen molar-refractivity contribution in [2.75, 3.05) is 37.8 Å². The predicted molar refractivity (Wildman–Crippen MR) is 85.3 cm³/mol.